The lowest BCUT2D eigenvalue weighted by Gasteiger charge is -2.05. The molecule has 21 heavy (non-hydrogen) atoms. The first-order valence-corrected chi connectivity index (χ1v) is 5.97. The number of benzene rings is 1. The number of rotatable bonds is 4. The normalized spacial score (nSPS) is 10.2. The van der Waals surface area contributed by atoms with Crippen LogP contribution < -0.4 is 5.32 Å². The van der Waals surface area contributed by atoms with Crippen molar-refractivity contribution < 1.29 is 14.1 Å². The van der Waals surface area contributed by atoms with Crippen LogP contribution in [-0.2, 0) is 6.54 Å². The quantitative estimate of drug-likeness (QED) is 0.683. The fourth-order valence-corrected chi connectivity index (χ4v) is 1.63. The Bertz CT molecular complexity index is 688. The van der Waals surface area contributed by atoms with Gasteiger partial charge >= 0.3 is 0 Å². The molecule has 1 amide bonds. The first-order valence-electron chi connectivity index (χ1n) is 5.97. The summed E-state index contributed by atoms with van der Waals surface area (Å²) in [6.07, 6.45) is 3.02. The van der Waals surface area contributed by atoms with E-state index in [1.807, 2.05) is 0 Å². The summed E-state index contributed by atoms with van der Waals surface area (Å²) in [5.41, 5.74) is 0.433. The molecule has 1 aromatic heterocycles. The maximum atomic E-state index is 13.2. The van der Waals surface area contributed by atoms with Crippen molar-refractivity contribution >= 4 is 11.6 Å². The van der Waals surface area contributed by atoms with E-state index in [-0.39, 0.29) is 12.1 Å². The average molecular weight is 290 g/mol. The van der Waals surface area contributed by atoms with Crippen LogP contribution in [0.25, 0.3) is 0 Å². The third-order valence-electron chi connectivity index (χ3n) is 2.66. The van der Waals surface area contributed by atoms with Crippen LogP contribution in [0, 0.1) is 22.9 Å². The number of amides is 1. The number of aryl methyl sites for hydroxylation is 1. The Balaban J connectivity index is 2.15. The van der Waals surface area contributed by atoms with Crippen LogP contribution >= 0.6 is 0 Å². The van der Waals surface area contributed by atoms with Crippen molar-refractivity contribution in [2.45, 2.75) is 13.5 Å². The number of hydrogen-bond acceptors (Lipinski definition) is 5. The number of aromatic nitrogens is 2. The molecule has 0 aliphatic rings. The zero-order valence-corrected chi connectivity index (χ0v) is 11.0. The van der Waals surface area contributed by atoms with Crippen LogP contribution in [0.4, 0.5) is 10.1 Å². The summed E-state index contributed by atoms with van der Waals surface area (Å²) >= 11 is 0. The lowest BCUT2D eigenvalue weighted by molar-refractivity contribution is -0.385. The second-order valence-corrected chi connectivity index (χ2v) is 4.25. The van der Waals surface area contributed by atoms with Gasteiger partial charge in [0.05, 0.1) is 29.1 Å². The Labute approximate surface area is 119 Å². The van der Waals surface area contributed by atoms with Gasteiger partial charge in [0.25, 0.3) is 11.6 Å². The van der Waals surface area contributed by atoms with Gasteiger partial charge < -0.3 is 5.32 Å². The Kier molecular flexibility index (Phi) is 4.17. The van der Waals surface area contributed by atoms with Crippen molar-refractivity contribution in [2.24, 2.45) is 0 Å². The molecule has 1 aromatic carbocycles. The van der Waals surface area contributed by atoms with Gasteiger partial charge in [0.1, 0.15) is 11.4 Å². The zero-order chi connectivity index (χ0) is 15.4. The van der Waals surface area contributed by atoms with Gasteiger partial charge in [-0.25, -0.2) is 4.39 Å². The van der Waals surface area contributed by atoms with Crippen LogP contribution in [0.2, 0.25) is 0 Å². The monoisotopic (exact) mass is 290 g/mol. The molecule has 2 rings (SSSR count). The molecule has 0 atom stereocenters. The topological polar surface area (TPSA) is 98.0 Å². The fraction of sp³-hybridized carbons (Fsp3) is 0.154. The van der Waals surface area contributed by atoms with Crippen molar-refractivity contribution in [1.82, 2.24) is 15.3 Å². The zero-order valence-electron chi connectivity index (χ0n) is 11.0. The molecular formula is C13H11FN4O3. The summed E-state index contributed by atoms with van der Waals surface area (Å²) in [5.74, 6) is -1.47. The Morgan fingerprint density at radius 1 is 1.38 bits per heavy atom. The smallest absolute Gasteiger partial charge is 0.282 e. The SMILES string of the molecule is Cc1cnc(CNC(=O)c2cc(F)ccc2[N+](=O)[O-])cn1. The molecule has 1 heterocycles. The molecule has 0 bridgehead atoms. The van der Waals surface area contributed by atoms with Crippen molar-refractivity contribution in [3.63, 3.8) is 0 Å². The molecular weight excluding hydrogens is 279 g/mol. The number of hydrogen-bond donors (Lipinski definition) is 1. The van der Waals surface area contributed by atoms with Gasteiger partial charge in [0.2, 0.25) is 0 Å². The predicted molar refractivity (Wildman–Crippen MR) is 71.0 cm³/mol. The van der Waals surface area contributed by atoms with E-state index in [0.29, 0.717) is 5.69 Å². The predicted octanol–water partition coefficient (Wildman–Crippen LogP) is 1.76. The number of nitro benzene ring substituents is 1. The van der Waals surface area contributed by atoms with Gasteiger partial charge in [-0.15, -0.1) is 0 Å². The molecule has 0 unspecified atom stereocenters. The molecule has 0 aliphatic heterocycles. The highest BCUT2D eigenvalue weighted by Gasteiger charge is 2.20. The van der Waals surface area contributed by atoms with Gasteiger partial charge in [-0.1, -0.05) is 0 Å². The highest BCUT2D eigenvalue weighted by atomic mass is 19.1. The van der Waals surface area contributed by atoms with E-state index < -0.39 is 22.3 Å². The van der Waals surface area contributed by atoms with Gasteiger partial charge in [0, 0.05) is 12.3 Å². The Morgan fingerprint density at radius 2 is 2.14 bits per heavy atom. The minimum absolute atomic E-state index is 0.0414. The number of halogens is 1. The van der Waals surface area contributed by atoms with Crippen molar-refractivity contribution in [3.05, 3.63) is 63.5 Å². The third kappa shape index (κ3) is 3.56. The van der Waals surface area contributed by atoms with E-state index in [4.69, 9.17) is 0 Å². The van der Waals surface area contributed by atoms with Crippen LogP contribution in [0.5, 0.6) is 0 Å². The van der Waals surface area contributed by atoms with Crippen LogP contribution in [0.15, 0.2) is 30.6 Å². The second-order valence-electron chi connectivity index (χ2n) is 4.25. The first-order chi connectivity index (χ1) is 9.97. The van der Waals surface area contributed by atoms with Gasteiger partial charge in [0.15, 0.2) is 0 Å². The summed E-state index contributed by atoms with van der Waals surface area (Å²) in [4.78, 5) is 30.1. The average Bonchev–Trinajstić information content (AvgIpc) is 2.46. The van der Waals surface area contributed by atoms with Crippen molar-refractivity contribution in [1.29, 1.82) is 0 Å². The van der Waals surface area contributed by atoms with E-state index >= 15 is 0 Å². The molecule has 0 saturated heterocycles. The number of carbonyl (C=O) groups is 1. The molecule has 0 radical (unpaired) electrons. The highest BCUT2D eigenvalue weighted by Crippen LogP contribution is 2.19. The summed E-state index contributed by atoms with van der Waals surface area (Å²) in [6, 6.07) is 2.71. The maximum absolute atomic E-state index is 13.2. The number of nitrogens with zero attached hydrogens (tertiary/aromatic N) is 3. The molecule has 8 heteroatoms. The fourth-order valence-electron chi connectivity index (χ4n) is 1.63. The van der Waals surface area contributed by atoms with E-state index in [1.54, 1.807) is 6.92 Å². The van der Waals surface area contributed by atoms with E-state index in [0.717, 1.165) is 23.9 Å². The lowest BCUT2D eigenvalue weighted by Crippen LogP contribution is -2.24. The number of carbonyl (C=O) groups excluding carboxylic acids is 1. The standard InChI is InChI=1S/C13H11FN4O3/c1-8-5-16-10(6-15-8)7-17-13(19)11-4-9(14)2-3-12(11)18(20)21/h2-6H,7H2,1H3,(H,17,19). The second kappa shape index (κ2) is 6.04. The first kappa shape index (κ1) is 14.5. The molecule has 7 nitrogen and oxygen atoms in total. The Morgan fingerprint density at radius 3 is 2.76 bits per heavy atom. The molecule has 2 aromatic rings. The Hall–Kier alpha value is -2.90. The van der Waals surface area contributed by atoms with Gasteiger partial charge in [-0.2, -0.15) is 0 Å². The molecule has 0 aliphatic carbocycles. The largest absolute Gasteiger partial charge is 0.346 e. The number of nitro groups is 1. The van der Waals surface area contributed by atoms with E-state index in [9.17, 15) is 19.3 Å². The minimum Gasteiger partial charge on any atom is -0.346 e. The van der Waals surface area contributed by atoms with Gasteiger partial charge in [-0.3, -0.25) is 24.9 Å². The summed E-state index contributed by atoms with van der Waals surface area (Å²) in [5, 5.41) is 13.3. The molecule has 108 valence electrons. The molecule has 0 saturated carbocycles. The third-order valence-corrected chi connectivity index (χ3v) is 2.66. The van der Waals surface area contributed by atoms with Crippen LogP contribution in [0.3, 0.4) is 0 Å². The number of nitrogens with one attached hydrogen (secondary N) is 1. The van der Waals surface area contributed by atoms with Crippen molar-refractivity contribution in [3.8, 4) is 0 Å². The van der Waals surface area contributed by atoms with Gasteiger partial charge in [-0.05, 0) is 19.1 Å². The van der Waals surface area contributed by atoms with E-state index in [1.165, 1.54) is 12.4 Å². The maximum Gasteiger partial charge on any atom is 0.282 e. The highest BCUT2D eigenvalue weighted by molar-refractivity contribution is 5.98. The summed E-state index contributed by atoms with van der Waals surface area (Å²) in [6.45, 7) is 1.81. The van der Waals surface area contributed by atoms with Crippen LogP contribution in [-0.4, -0.2) is 20.8 Å². The molecule has 0 spiro atoms. The minimum atomic E-state index is -0.747. The summed E-state index contributed by atoms with van der Waals surface area (Å²) < 4.78 is 13.2. The molecule has 0 fully saturated rings. The lowest BCUT2D eigenvalue weighted by atomic mass is 10.1. The summed E-state index contributed by atoms with van der Waals surface area (Å²) in [7, 11) is 0. The van der Waals surface area contributed by atoms with Crippen molar-refractivity contribution in [2.75, 3.05) is 0 Å². The molecule has 1 N–H and O–H groups in total. The van der Waals surface area contributed by atoms with E-state index in [2.05, 4.69) is 15.3 Å². The van der Waals surface area contributed by atoms with Crippen LogP contribution in [0.1, 0.15) is 21.7 Å².